The predicted molar refractivity (Wildman–Crippen MR) is 115 cm³/mol. The molecule has 29 heavy (non-hydrogen) atoms. The van der Waals surface area contributed by atoms with E-state index in [1.54, 1.807) is 31.6 Å². The molecule has 2 aromatic carbocycles. The van der Waals surface area contributed by atoms with Crippen molar-refractivity contribution in [1.82, 2.24) is 15.2 Å². The van der Waals surface area contributed by atoms with Gasteiger partial charge in [-0.05, 0) is 18.2 Å². The van der Waals surface area contributed by atoms with Crippen LogP contribution in [0.15, 0.2) is 57.5 Å². The van der Waals surface area contributed by atoms with Gasteiger partial charge in [-0.1, -0.05) is 41.6 Å². The van der Waals surface area contributed by atoms with E-state index in [1.807, 2.05) is 41.8 Å². The standard InChI is InChI=1S/C20H16ClN3O3S2/c1-25-14-7-12(8-15(9-14)26-2)18-23-24-20(27-18)29-11-13-10-28-19(22-13)16-5-3-4-6-17(16)21/h3-10H,11H2,1-2H3. The molecule has 0 unspecified atom stereocenters. The average Bonchev–Trinajstić information content (AvgIpc) is 3.42. The second-order valence-corrected chi connectivity index (χ2v) is 8.08. The van der Waals surface area contributed by atoms with Crippen molar-refractivity contribution >= 4 is 34.7 Å². The van der Waals surface area contributed by atoms with E-state index >= 15 is 0 Å². The van der Waals surface area contributed by atoms with E-state index in [9.17, 15) is 0 Å². The molecule has 148 valence electrons. The summed E-state index contributed by atoms with van der Waals surface area (Å²) in [6, 6.07) is 13.1. The Morgan fingerprint density at radius 3 is 2.55 bits per heavy atom. The van der Waals surface area contributed by atoms with Crippen molar-refractivity contribution < 1.29 is 13.9 Å². The largest absolute Gasteiger partial charge is 0.497 e. The molecule has 0 fully saturated rings. The Bertz CT molecular complexity index is 1110. The third kappa shape index (κ3) is 4.55. The van der Waals surface area contributed by atoms with E-state index in [4.69, 9.17) is 25.5 Å². The van der Waals surface area contributed by atoms with Crippen LogP contribution < -0.4 is 9.47 Å². The second-order valence-electron chi connectivity index (χ2n) is 5.89. The van der Waals surface area contributed by atoms with Gasteiger partial charge in [0, 0.05) is 28.3 Å². The highest BCUT2D eigenvalue weighted by atomic mass is 35.5. The first-order chi connectivity index (χ1) is 14.2. The number of nitrogens with zero attached hydrogens (tertiary/aromatic N) is 3. The number of halogens is 1. The summed E-state index contributed by atoms with van der Waals surface area (Å²) >= 11 is 9.24. The van der Waals surface area contributed by atoms with Gasteiger partial charge >= 0.3 is 0 Å². The molecular weight excluding hydrogens is 430 g/mol. The van der Waals surface area contributed by atoms with Gasteiger partial charge in [-0.3, -0.25) is 0 Å². The van der Waals surface area contributed by atoms with Gasteiger partial charge in [0.1, 0.15) is 16.5 Å². The summed E-state index contributed by atoms with van der Waals surface area (Å²) < 4.78 is 16.4. The Morgan fingerprint density at radius 2 is 1.83 bits per heavy atom. The zero-order valence-corrected chi connectivity index (χ0v) is 18.0. The van der Waals surface area contributed by atoms with Crippen molar-refractivity contribution in [3.05, 3.63) is 58.6 Å². The highest BCUT2D eigenvalue weighted by Crippen LogP contribution is 2.33. The quantitative estimate of drug-likeness (QED) is 0.332. The SMILES string of the molecule is COc1cc(OC)cc(-c2nnc(SCc3csc(-c4ccccc4Cl)n3)o2)c1. The molecule has 0 radical (unpaired) electrons. The molecular formula is C20H16ClN3O3S2. The van der Waals surface area contributed by atoms with Crippen LogP contribution in [-0.2, 0) is 5.75 Å². The van der Waals surface area contributed by atoms with E-state index in [0.717, 1.165) is 21.8 Å². The van der Waals surface area contributed by atoms with Crippen LogP contribution in [0, 0.1) is 0 Å². The fraction of sp³-hybridized carbons (Fsp3) is 0.150. The lowest BCUT2D eigenvalue weighted by Crippen LogP contribution is -1.88. The fourth-order valence-corrected chi connectivity index (χ4v) is 4.48. The van der Waals surface area contributed by atoms with Crippen molar-refractivity contribution in [2.24, 2.45) is 0 Å². The number of aromatic nitrogens is 3. The number of rotatable bonds is 7. The minimum Gasteiger partial charge on any atom is -0.497 e. The van der Waals surface area contributed by atoms with Crippen molar-refractivity contribution in [2.45, 2.75) is 11.0 Å². The molecule has 2 aromatic heterocycles. The molecule has 0 bridgehead atoms. The van der Waals surface area contributed by atoms with Crippen LogP contribution in [0.3, 0.4) is 0 Å². The number of methoxy groups -OCH3 is 2. The number of hydrogen-bond donors (Lipinski definition) is 0. The maximum atomic E-state index is 6.26. The van der Waals surface area contributed by atoms with Gasteiger partial charge in [-0.2, -0.15) is 0 Å². The molecule has 4 aromatic rings. The van der Waals surface area contributed by atoms with Gasteiger partial charge in [-0.15, -0.1) is 21.5 Å². The molecule has 0 spiro atoms. The summed E-state index contributed by atoms with van der Waals surface area (Å²) in [5, 5.41) is 12.3. The summed E-state index contributed by atoms with van der Waals surface area (Å²) in [6.45, 7) is 0. The lowest BCUT2D eigenvalue weighted by molar-refractivity contribution is 0.394. The smallest absolute Gasteiger partial charge is 0.277 e. The Morgan fingerprint density at radius 1 is 1.07 bits per heavy atom. The molecule has 2 heterocycles. The van der Waals surface area contributed by atoms with Crippen LogP contribution in [-0.4, -0.2) is 29.4 Å². The van der Waals surface area contributed by atoms with Gasteiger partial charge in [0.2, 0.25) is 5.89 Å². The number of thiazole rings is 1. The summed E-state index contributed by atoms with van der Waals surface area (Å²) in [7, 11) is 3.19. The molecule has 0 aliphatic carbocycles. The molecule has 0 saturated carbocycles. The Balaban J connectivity index is 1.46. The summed E-state index contributed by atoms with van der Waals surface area (Å²) in [5.41, 5.74) is 2.59. The Kier molecular flexibility index (Phi) is 6.03. The van der Waals surface area contributed by atoms with Crippen LogP contribution in [0.1, 0.15) is 5.69 Å². The van der Waals surface area contributed by atoms with Crippen molar-refractivity contribution in [3.8, 4) is 33.5 Å². The zero-order valence-electron chi connectivity index (χ0n) is 15.6. The number of ether oxygens (including phenoxy) is 2. The van der Waals surface area contributed by atoms with Gasteiger partial charge in [-0.25, -0.2) is 4.98 Å². The maximum Gasteiger partial charge on any atom is 0.277 e. The third-order valence-electron chi connectivity index (χ3n) is 4.00. The minimum atomic E-state index is 0.403. The van der Waals surface area contributed by atoms with E-state index in [1.165, 1.54) is 11.8 Å². The highest BCUT2D eigenvalue weighted by molar-refractivity contribution is 7.98. The highest BCUT2D eigenvalue weighted by Gasteiger charge is 2.14. The first-order valence-corrected chi connectivity index (χ1v) is 10.8. The predicted octanol–water partition coefficient (Wildman–Crippen LogP) is 5.82. The number of thioether (sulfide) groups is 1. The molecule has 0 saturated heterocycles. The van der Waals surface area contributed by atoms with Gasteiger partial charge in [0.15, 0.2) is 0 Å². The summed E-state index contributed by atoms with van der Waals surface area (Å²) in [4.78, 5) is 4.66. The lowest BCUT2D eigenvalue weighted by atomic mass is 10.2. The third-order valence-corrected chi connectivity index (χ3v) is 6.11. The van der Waals surface area contributed by atoms with E-state index in [0.29, 0.717) is 33.4 Å². The Labute approximate surface area is 180 Å². The topological polar surface area (TPSA) is 70.3 Å². The van der Waals surface area contributed by atoms with Crippen LogP contribution >= 0.6 is 34.7 Å². The molecule has 4 rings (SSSR count). The van der Waals surface area contributed by atoms with Crippen LogP contribution in [0.5, 0.6) is 11.5 Å². The first kappa shape index (κ1) is 19.8. The molecule has 0 aliphatic rings. The van der Waals surface area contributed by atoms with E-state index < -0.39 is 0 Å². The van der Waals surface area contributed by atoms with Crippen molar-refractivity contribution in [1.29, 1.82) is 0 Å². The van der Waals surface area contributed by atoms with Crippen molar-refractivity contribution in [3.63, 3.8) is 0 Å². The Hall–Kier alpha value is -2.55. The summed E-state index contributed by atoms with van der Waals surface area (Å²) in [5.74, 6) is 2.33. The van der Waals surface area contributed by atoms with Crippen LogP contribution in [0.4, 0.5) is 0 Å². The van der Waals surface area contributed by atoms with E-state index in [2.05, 4.69) is 15.2 Å². The fourth-order valence-electron chi connectivity index (χ4n) is 2.58. The second kappa shape index (κ2) is 8.86. The molecule has 0 amide bonds. The number of benzene rings is 2. The monoisotopic (exact) mass is 445 g/mol. The lowest BCUT2D eigenvalue weighted by Gasteiger charge is -2.05. The molecule has 0 atom stereocenters. The van der Waals surface area contributed by atoms with Crippen LogP contribution in [0.2, 0.25) is 5.02 Å². The normalized spacial score (nSPS) is 10.9. The first-order valence-electron chi connectivity index (χ1n) is 8.55. The number of hydrogen-bond acceptors (Lipinski definition) is 8. The molecule has 6 nitrogen and oxygen atoms in total. The molecule has 0 N–H and O–H groups in total. The zero-order chi connectivity index (χ0) is 20.2. The van der Waals surface area contributed by atoms with Gasteiger partial charge < -0.3 is 13.9 Å². The van der Waals surface area contributed by atoms with Gasteiger partial charge in [0.05, 0.1) is 24.9 Å². The molecule has 9 heteroatoms. The average molecular weight is 446 g/mol. The van der Waals surface area contributed by atoms with Crippen LogP contribution in [0.25, 0.3) is 22.0 Å². The van der Waals surface area contributed by atoms with E-state index in [-0.39, 0.29) is 0 Å². The molecule has 0 aliphatic heterocycles. The summed E-state index contributed by atoms with van der Waals surface area (Å²) in [6.07, 6.45) is 0. The minimum absolute atomic E-state index is 0.403. The van der Waals surface area contributed by atoms with Crippen molar-refractivity contribution in [2.75, 3.05) is 14.2 Å². The van der Waals surface area contributed by atoms with Gasteiger partial charge in [0.25, 0.3) is 5.22 Å². The maximum absolute atomic E-state index is 6.26.